The lowest BCUT2D eigenvalue weighted by molar-refractivity contribution is -0.129. The Hall–Kier alpha value is -3.95. The van der Waals surface area contributed by atoms with Gasteiger partial charge in [0.05, 0.1) is 23.7 Å². The fraction of sp³-hybridized carbons (Fsp3) is 0.375. The smallest absolute Gasteiger partial charge is 0.244 e. The predicted molar refractivity (Wildman–Crippen MR) is 135 cm³/mol. The van der Waals surface area contributed by atoms with E-state index in [0.29, 0.717) is 54.6 Å². The number of carbonyl (C=O) groups is 1. The van der Waals surface area contributed by atoms with Crippen LogP contribution in [0.4, 0.5) is 11.5 Å². The van der Waals surface area contributed by atoms with Gasteiger partial charge in [-0.2, -0.15) is 0 Å². The molecule has 1 aliphatic rings. The second-order valence-electron chi connectivity index (χ2n) is 8.32. The maximum absolute atomic E-state index is 12.4. The van der Waals surface area contributed by atoms with Crippen molar-refractivity contribution < 1.29 is 9.53 Å². The molecular formula is C24H32N8O2. The first kappa shape index (κ1) is 24.7. The Morgan fingerprint density at radius 2 is 2.00 bits per heavy atom. The molecule has 1 fully saturated rings. The molecule has 0 atom stereocenters. The average Bonchev–Trinajstić information content (AvgIpc) is 2.82. The van der Waals surface area contributed by atoms with Gasteiger partial charge in [0, 0.05) is 61.5 Å². The van der Waals surface area contributed by atoms with E-state index in [4.69, 9.17) is 21.6 Å². The van der Waals surface area contributed by atoms with Gasteiger partial charge in [-0.15, -0.1) is 0 Å². The van der Waals surface area contributed by atoms with Crippen LogP contribution in [0.3, 0.4) is 0 Å². The SMILES string of the molecule is CC(N)=CC=NCC(=O)N1CCN(c2cc(C(=N)c3cc(OC(C)C)ncc3N)ccn2)CC1. The number of rotatable bonds is 8. The number of nitrogens with one attached hydrogen (secondary N) is 1. The molecule has 0 unspecified atom stereocenters. The molecule has 10 nitrogen and oxygen atoms in total. The Bertz CT molecular complexity index is 1080. The summed E-state index contributed by atoms with van der Waals surface area (Å²) in [5.41, 5.74) is 14.2. The van der Waals surface area contributed by atoms with E-state index in [2.05, 4.69) is 19.9 Å². The minimum Gasteiger partial charge on any atom is -0.475 e. The molecule has 180 valence electrons. The van der Waals surface area contributed by atoms with Crippen molar-refractivity contribution in [2.24, 2.45) is 10.7 Å². The minimum absolute atomic E-state index is 0.0185. The molecule has 0 saturated carbocycles. The van der Waals surface area contributed by atoms with E-state index in [0.717, 1.165) is 5.82 Å². The van der Waals surface area contributed by atoms with Gasteiger partial charge >= 0.3 is 0 Å². The molecule has 1 aliphatic heterocycles. The third-order valence-corrected chi connectivity index (χ3v) is 5.20. The molecule has 2 aromatic rings. The summed E-state index contributed by atoms with van der Waals surface area (Å²) in [5, 5.41) is 8.71. The summed E-state index contributed by atoms with van der Waals surface area (Å²) >= 11 is 0. The van der Waals surface area contributed by atoms with Gasteiger partial charge in [-0.05, 0) is 39.0 Å². The Morgan fingerprint density at radius 3 is 2.68 bits per heavy atom. The average molecular weight is 465 g/mol. The van der Waals surface area contributed by atoms with Crippen molar-refractivity contribution in [3.8, 4) is 5.88 Å². The number of hydrogen-bond donors (Lipinski definition) is 3. The number of aromatic nitrogens is 2. The van der Waals surface area contributed by atoms with Crippen molar-refractivity contribution in [2.45, 2.75) is 26.9 Å². The van der Waals surface area contributed by atoms with E-state index in [1.54, 1.807) is 42.4 Å². The fourth-order valence-corrected chi connectivity index (χ4v) is 3.46. The highest BCUT2D eigenvalue weighted by molar-refractivity contribution is 6.14. The van der Waals surface area contributed by atoms with Crippen molar-refractivity contribution >= 4 is 29.3 Å². The topological polar surface area (TPSA) is 147 Å². The number of nitrogens with two attached hydrogens (primary N) is 2. The number of carbonyl (C=O) groups excluding carboxylic acids is 1. The van der Waals surface area contributed by atoms with Crippen LogP contribution in [-0.4, -0.2) is 71.5 Å². The van der Waals surface area contributed by atoms with E-state index in [1.165, 1.54) is 6.20 Å². The summed E-state index contributed by atoms with van der Waals surface area (Å²) in [4.78, 5) is 29.1. The van der Waals surface area contributed by atoms with E-state index in [-0.39, 0.29) is 24.3 Å². The Kier molecular flexibility index (Phi) is 8.18. The van der Waals surface area contributed by atoms with Gasteiger partial charge in [0.25, 0.3) is 0 Å². The largest absolute Gasteiger partial charge is 0.475 e. The summed E-state index contributed by atoms with van der Waals surface area (Å²) in [7, 11) is 0. The second kappa shape index (κ2) is 11.3. The third kappa shape index (κ3) is 6.53. The molecule has 5 N–H and O–H groups in total. The standard InChI is InChI=1S/C24H32N8O2/c1-16(2)34-22-13-19(20(26)14-30-22)24(27)18-5-7-29-21(12-18)31-8-10-32(11-9-31)23(33)15-28-6-4-17(3)25/h4-7,12-14,16,27H,8-11,15,25-26H2,1-3H3. The van der Waals surface area contributed by atoms with Crippen LogP contribution in [0.2, 0.25) is 0 Å². The lowest BCUT2D eigenvalue weighted by Gasteiger charge is -2.35. The monoisotopic (exact) mass is 464 g/mol. The summed E-state index contributed by atoms with van der Waals surface area (Å²) in [6.45, 7) is 8.15. The summed E-state index contributed by atoms with van der Waals surface area (Å²) in [6.07, 6.45) is 6.38. The highest BCUT2D eigenvalue weighted by Gasteiger charge is 2.22. The lowest BCUT2D eigenvalue weighted by Crippen LogP contribution is -2.49. The van der Waals surface area contributed by atoms with Crippen LogP contribution in [0, 0.1) is 5.41 Å². The van der Waals surface area contributed by atoms with E-state index in [1.807, 2.05) is 19.9 Å². The van der Waals surface area contributed by atoms with Crippen molar-refractivity contribution in [3.05, 3.63) is 53.5 Å². The molecule has 0 aliphatic carbocycles. The number of ether oxygens (including phenoxy) is 1. The molecule has 0 radical (unpaired) electrons. The molecule has 1 amide bonds. The molecule has 0 bridgehead atoms. The quantitative estimate of drug-likeness (QED) is 0.505. The normalized spacial score (nSPS) is 14.6. The van der Waals surface area contributed by atoms with Crippen molar-refractivity contribution in [2.75, 3.05) is 43.4 Å². The summed E-state index contributed by atoms with van der Waals surface area (Å²) in [5.74, 6) is 1.16. The van der Waals surface area contributed by atoms with Gasteiger partial charge < -0.3 is 26.0 Å². The first-order chi connectivity index (χ1) is 16.2. The number of amides is 1. The van der Waals surface area contributed by atoms with Gasteiger partial charge in [0.1, 0.15) is 12.4 Å². The molecule has 0 aromatic carbocycles. The van der Waals surface area contributed by atoms with Crippen molar-refractivity contribution in [1.29, 1.82) is 5.41 Å². The minimum atomic E-state index is -0.0324. The number of nitrogens with zero attached hydrogens (tertiary/aromatic N) is 5. The maximum atomic E-state index is 12.4. The second-order valence-corrected chi connectivity index (χ2v) is 8.32. The number of nitrogen functional groups attached to an aromatic ring is 1. The Balaban J connectivity index is 1.65. The summed E-state index contributed by atoms with van der Waals surface area (Å²) in [6, 6.07) is 5.34. The fourth-order valence-electron chi connectivity index (χ4n) is 3.46. The summed E-state index contributed by atoms with van der Waals surface area (Å²) < 4.78 is 5.65. The van der Waals surface area contributed by atoms with Crippen LogP contribution in [0.1, 0.15) is 31.9 Å². The zero-order valence-corrected chi connectivity index (χ0v) is 19.9. The van der Waals surface area contributed by atoms with Crippen LogP contribution < -0.4 is 21.1 Å². The Labute approximate surface area is 199 Å². The third-order valence-electron chi connectivity index (χ3n) is 5.20. The molecule has 0 spiro atoms. The van der Waals surface area contributed by atoms with Crippen LogP contribution in [0.5, 0.6) is 5.88 Å². The van der Waals surface area contributed by atoms with Gasteiger partial charge in [-0.3, -0.25) is 15.2 Å². The number of allylic oxidation sites excluding steroid dienone is 2. The highest BCUT2D eigenvalue weighted by Crippen LogP contribution is 2.23. The predicted octanol–water partition coefficient (Wildman–Crippen LogP) is 1.84. The van der Waals surface area contributed by atoms with Crippen LogP contribution >= 0.6 is 0 Å². The molecule has 2 aromatic heterocycles. The number of anilines is 2. The zero-order chi connectivity index (χ0) is 24.7. The van der Waals surface area contributed by atoms with Gasteiger partial charge in [0.2, 0.25) is 11.8 Å². The van der Waals surface area contributed by atoms with Crippen LogP contribution in [-0.2, 0) is 4.79 Å². The lowest BCUT2D eigenvalue weighted by atomic mass is 10.0. The number of aliphatic imine (C=N–C) groups is 1. The van der Waals surface area contributed by atoms with Crippen molar-refractivity contribution in [1.82, 2.24) is 14.9 Å². The highest BCUT2D eigenvalue weighted by atomic mass is 16.5. The first-order valence-corrected chi connectivity index (χ1v) is 11.2. The molecule has 3 rings (SSSR count). The van der Waals surface area contributed by atoms with Crippen LogP contribution in [0.25, 0.3) is 0 Å². The molecule has 34 heavy (non-hydrogen) atoms. The first-order valence-electron chi connectivity index (χ1n) is 11.2. The molecule has 1 saturated heterocycles. The van der Waals surface area contributed by atoms with Gasteiger partial charge in [-0.25, -0.2) is 9.97 Å². The maximum Gasteiger partial charge on any atom is 0.244 e. The molecule has 10 heteroatoms. The zero-order valence-electron chi connectivity index (χ0n) is 19.9. The van der Waals surface area contributed by atoms with E-state index in [9.17, 15) is 4.79 Å². The molecule has 3 heterocycles. The van der Waals surface area contributed by atoms with Gasteiger partial charge in [-0.1, -0.05) is 0 Å². The van der Waals surface area contributed by atoms with Crippen molar-refractivity contribution in [3.63, 3.8) is 0 Å². The van der Waals surface area contributed by atoms with E-state index >= 15 is 0 Å². The van der Waals surface area contributed by atoms with E-state index < -0.39 is 0 Å². The molecular weight excluding hydrogens is 432 g/mol. The number of piperazine rings is 1. The van der Waals surface area contributed by atoms with Crippen LogP contribution in [0.15, 0.2) is 47.4 Å². The number of hydrogen-bond acceptors (Lipinski definition) is 9. The Morgan fingerprint density at radius 1 is 1.26 bits per heavy atom. The van der Waals surface area contributed by atoms with Gasteiger partial charge in [0.15, 0.2) is 0 Å². The number of pyridine rings is 2.